The third kappa shape index (κ3) is 1.80. The zero-order valence-electron chi connectivity index (χ0n) is 9.79. The zero-order valence-corrected chi connectivity index (χ0v) is 9.79. The molecule has 0 bridgehead atoms. The Bertz CT molecular complexity index is 394. The van der Waals surface area contributed by atoms with Crippen LogP contribution in [-0.4, -0.2) is 7.11 Å². The van der Waals surface area contributed by atoms with Crippen molar-refractivity contribution < 1.29 is 9.13 Å². The van der Waals surface area contributed by atoms with Crippen LogP contribution in [0.1, 0.15) is 31.7 Å². The predicted molar refractivity (Wildman–Crippen MR) is 61.8 cm³/mol. The molecular weight excluding hydrogens is 205 g/mol. The van der Waals surface area contributed by atoms with Crippen LogP contribution in [0.4, 0.5) is 4.39 Å². The summed E-state index contributed by atoms with van der Waals surface area (Å²) >= 11 is 0. The first-order valence-corrected chi connectivity index (χ1v) is 5.69. The zero-order chi connectivity index (χ0) is 11.8. The maximum atomic E-state index is 14.1. The van der Waals surface area contributed by atoms with Crippen molar-refractivity contribution in [3.05, 3.63) is 29.6 Å². The minimum absolute atomic E-state index is 0.280. The molecule has 2 nitrogen and oxygen atoms in total. The van der Waals surface area contributed by atoms with Crippen LogP contribution in [0.3, 0.4) is 0 Å². The van der Waals surface area contributed by atoms with Crippen molar-refractivity contribution in [1.82, 2.24) is 0 Å². The SMILES string of the molecule is COc1cccc(C2(N)CCC(C)C2)c1F. The molecule has 0 saturated heterocycles. The molecule has 0 aromatic heterocycles. The highest BCUT2D eigenvalue weighted by Crippen LogP contribution is 2.42. The molecule has 1 aliphatic rings. The molecule has 2 unspecified atom stereocenters. The van der Waals surface area contributed by atoms with Gasteiger partial charge < -0.3 is 10.5 Å². The summed E-state index contributed by atoms with van der Waals surface area (Å²) in [5.74, 6) is 0.541. The highest BCUT2D eigenvalue weighted by atomic mass is 19.1. The van der Waals surface area contributed by atoms with E-state index >= 15 is 0 Å². The normalized spacial score (nSPS) is 29.4. The van der Waals surface area contributed by atoms with Gasteiger partial charge in [0, 0.05) is 11.1 Å². The summed E-state index contributed by atoms with van der Waals surface area (Å²) in [7, 11) is 1.47. The standard InChI is InChI=1S/C13H18FNO/c1-9-6-7-13(15,8-9)10-4-3-5-11(16-2)12(10)14/h3-5,9H,6-8,15H2,1-2H3. The van der Waals surface area contributed by atoms with Crippen LogP contribution in [0.25, 0.3) is 0 Å². The monoisotopic (exact) mass is 223 g/mol. The summed E-state index contributed by atoms with van der Waals surface area (Å²) in [5, 5.41) is 0. The van der Waals surface area contributed by atoms with Crippen LogP contribution in [0.15, 0.2) is 18.2 Å². The summed E-state index contributed by atoms with van der Waals surface area (Å²) in [6.07, 6.45) is 2.75. The Labute approximate surface area is 95.6 Å². The largest absolute Gasteiger partial charge is 0.494 e. The molecule has 0 spiro atoms. The molecule has 0 aliphatic heterocycles. The van der Waals surface area contributed by atoms with E-state index in [0.29, 0.717) is 11.5 Å². The third-order valence-electron chi connectivity index (χ3n) is 3.52. The van der Waals surface area contributed by atoms with E-state index in [-0.39, 0.29) is 11.6 Å². The number of rotatable bonds is 2. The van der Waals surface area contributed by atoms with Crippen molar-refractivity contribution in [2.45, 2.75) is 31.7 Å². The van der Waals surface area contributed by atoms with Gasteiger partial charge in [0.15, 0.2) is 11.6 Å². The molecule has 2 rings (SSSR count). The van der Waals surface area contributed by atoms with Gasteiger partial charge in [-0.1, -0.05) is 19.1 Å². The van der Waals surface area contributed by atoms with Gasteiger partial charge in [0.25, 0.3) is 0 Å². The smallest absolute Gasteiger partial charge is 0.170 e. The van der Waals surface area contributed by atoms with Crippen molar-refractivity contribution in [3.63, 3.8) is 0 Å². The summed E-state index contributed by atoms with van der Waals surface area (Å²) in [5.41, 5.74) is 6.38. The van der Waals surface area contributed by atoms with Gasteiger partial charge in [-0.05, 0) is 31.2 Å². The second-order valence-electron chi connectivity index (χ2n) is 4.83. The first-order valence-electron chi connectivity index (χ1n) is 5.69. The quantitative estimate of drug-likeness (QED) is 0.836. The highest BCUT2D eigenvalue weighted by Gasteiger charge is 2.37. The molecule has 1 saturated carbocycles. The van der Waals surface area contributed by atoms with Gasteiger partial charge in [0.2, 0.25) is 0 Å². The number of halogens is 1. The van der Waals surface area contributed by atoms with Gasteiger partial charge in [-0.15, -0.1) is 0 Å². The summed E-state index contributed by atoms with van der Waals surface area (Å²) in [4.78, 5) is 0. The molecule has 2 N–H and O–H groups in total. The Morgan fingerprint density at radius 1 is 1.50 bits per heavy atom. The minimum atomic E-state index is -0.516. The van der Waals surface area contributed by atoms with E-state index in [1.54, 1.807) is 18.2 Å². The van der Waals surface area contributed by atoms with Crippen molar-refractivity contribution in [1.29, 1.82) is 0 Å². The van der Waals surface area contributed by atoms with E-state index in [0.717, 1.165) is 19.3 Å². The van der Waals surface area contributed by atoms with Crippen LogP contribution >= 0.6 is 0 Å². The Kier molecular flexibility index (Phi) is 2.89. The molecule has 1 fully saturated rings. The Morgan fingerprint density at radius 3 is 2.81 bits per heavy atom. The van der Waals surface area contributed by atoms with Crippen molar-refractivity contribution >= 4 is 0 Å². The lowest BCUT2D eigenvalue weighted by Crippen LogP contribution is -2.34. The highest BCUT2D eigenvalue weighted by molar-refractivity contribution is 5.36. The average Bonchev–Trinajstić information content (AvgIpc) is 2.60. The molecule has 1 aromatic rings. The van der Waals surface area contributed by atoms with E-state index < -0.39 is 5.54 Å². The maximum absolute atomic E-state index is 14.1. The second-order valence-corrected chi connectivity index (χ2v) is 4.83. The molecule has 0 amide bonds. The van der Waals surface area contributed by atoms with Crippen LogP contribution in [0.5, 0.6) is 5.75 Å². The lowest BCUT2D eigenvalue weighted by Gasteiger charge is -2.25. The van der Waals surface area contributed by atoms with E-state index in [2.05, 4.69) is 6.92 Å². The van der Waals surface area contributed by atoms with E-state index in [1.165, 1.54) is 7.11 Å². The minimum Gasteiger partial charge on any atom is -0.494 e. The molecule has 1 aliphatic carbocycles. The average molecular weight is 223 g/mol. The van der Waals surface area contributed by atoms with Crippen LogP contribution in [0.2, 0.25) is 0 Å². The third-order valence-corrected chi connectivity index (χ3v) is 3.52. The van der Waals surface area contributed by atoms with Gasteiger partial charge >= 0.3 is 0 Å². The summed E-state index contributed by atoms with van der Waals surface area (Å²) < 4.78 is 19.1. The van der Waals surface area contributed by atoms with Gasteiger partial charge in [0.05, 0.1) is 7.11 Å². The Balaban J connectivity index is 2.40. The molecule has 2 atom stereocenters. The first-order chi connectivity index (χ1) is 7.57. The van der Waals surface area contributed by atoms with Crippen LogP contribution < -0.4 is 10.5 Å². The molecule has 1 aromatic carbocycles. The van der Waals surface area contributed by atoms with Gasteiger partial charge in [-0.25, -0.2) is 4.39 Å². The molecule has 0 heterocycles. The van der Waals surface area contributed by atoms with Crippen LogP contribution in [0, 0.1) is 11.7 Å². The molecule has 3 heteroatoms. The number of hydrogen-bond donors (Lipinski definition) is 1. The molecule has 0 radical (unpaired) electrons. The number of methoxy groups -OCH3 is 1. The van der Waals surface area contributed by atoms with Gasteiger partial charge in [-0.2, -0.15) is 0 Å². The van der Waals surface area contributed by atoms with E-state index in [1.807, 2.05) is 0 Å². The Morgan fingerprint density at radius 2 is 2.25 bits per heavy atom. The predicted octanol–water partition coefficient (Wildman–Crippen LogP) is 2.81. The fourth-order valence-corrected chi connectivity index (χ4v) is 2.63. The van der Waals surface area contributed by atoms with Crippen molar-refractivity contribution in [2.24, 2.45) is 11.7 Å². The van der Waals surface area contributed by atoms with E-state index in [9.17, 15) is 4.39 Å². The lowest BCUT2D eigenvalue weighted by molar-refractivity contribution is 0.365. The second kappa shape index (κ2) is 4.06. The fourth-order valence-electron chi connectivity index (χ4n) is 2.63. The van der Waals surface area contributed by atoms with E-state index in [4.69, 9.17) is 10.5 Å². The first kappa shape index (κ1) is 11.4. The molecular formula is C13H18FNO. The van der Waals surface area contributed by atoms with Gasteiger partial charge in [0.1, 0.15) is 0 Å². The number of nitrogens with two attached hydrogens (primary N) is 1. The van der Waals surface area contributed by atoms with Crippen LogP contribution in [-0.2, 0) is 5.54 Å². The lowest BCUT2D eigenvalue weighted by atomic mass is 9.88. The number of ether oxygens (including phenoxy) is 1. The molecule has 16 heavy (non-hydrogen) atoms. The topological polar surface area (TPSA) is 35.2 Å². The number of benzene rings is 1. The summed E-state index contributed by atoms with van der Waals surface area (Å²) in [6.45, 7) is 2.16. The van der Waals surface area contributed by atoms with Gasteiger partial charge in [-0.3, -0.25) is 0 Å². The molecule has 88 valence electrons. The Hall–Kier alpha value is -1.09. The van der Waals surface area contributed by atoms with Crippen molar-refractivity contribution in [2.75, 3.05) is 7.11 Å². The fraction of sp³-hybridized carbons (Fsp3) is 0.538. The summed E-state index contributed by atoms with van der Waals surface area (Å²) in [6, 6.07) is 5.20. The maximum Gasteiger partial charge on any atom is 0.170 e. The van der Waals surface area contributed by atoms with Crippen molar-refractivity contribution in [3.8, 4) is 5.75 Å². The number of hydrogen-bond acceptors (Lipinski definition) is 2.